The smallest absolute Gasteiger partial charge is 0.307 e. The molecule has 0 saturated carbocycles. The summed E-state index contributed by atoms with van der Waals surface area (Å²) in [5.74, 6) is 0.708. The van der Waals surface area contributed by atoms with Gasteiger partial charge in [0.15, 0.2) is 0 Å². The molecule has 0 amide bonds. The number of aromatic nitrogens is 1. The Kier molecular flexibility index (Phi) is 5.34. The summed E-state index contributed by atoms with van der Waals surface area (Å²) in [7, 11) is 0. The maximum Gasteiger partial charge on any atom is 0.307 e. The third-order valence-electron chi connectivity index (χ3n) is 6.02. The second kappa shape index (κ2) is 8.47. The molecule has 33 heavy (non-hydrogen) atoms. The van der Waals surface area contributed by atoms with E-state index in [9.17, 15) is 14.7 Å². The Labute approximate surface area is 191 Å². The summed E-state index contributed by atoms with van der Waals surface area (Å²) in [5, 5.41) is 9.97. The van der Waals surface area contributed by atoms with E-state index < -0.39 is 5.97 Å². The molecule has 1 N–H and O–H groups in total. The van der Waals surface area contributed by atoms with E-state index in [1.54, 1.807) is 41.0 Å². The van der Waals surface area contributed by atoms with Crippen molar-refractivity contribution in [3.63, 3.8) is 0 Å². The van der Waals surface area contributed by atoms with E-state index in [0.29, 0.717) is 35.6 Å². The van der Waals surface area contributed by atoms with Crippen molar-refractivity contribution in [1.29, 1.82) is 0 Å². The zero-order valence-corrected chi connectivity index (χ0v) is 18.2. The first-order valence-corrected chi connectivity index (χ1v) is 10.8. The summed E-state index contributed by atoms with van der Waals surface area (Å²) in [6, 6.07) is 22.4. The van der Waals surface area contributed by atoms with E-state index in [1.165, 1.54) is 0 Å². The summed E-state index contributed by atoms with van der Waals surface area (Å²) in [5.41, 5.74) is 3.84. The number of benzene rings is 3. The highest BCUT2D eigenvalue weighted by atomic mass is 16.5. The van der Waals surface area contributed by atoms with Gasteiger partial charge in [-0.05, 0) is 55.0 Å². The van der Waals surface area contributed by atoms with Crippen LogP contribution < -0.4 is 9.47 Å². The van der Waals surface area contributed by atoms with E-state index in [4.69, 9.17) is 9.47 Å². The molecule has 1 atom stereocenters. The topological polar surface area (TPSA) is 77.8 Å². The van der Waals surface area contributed by atoms with Crippen LogP contribution in [-0.2, 0) is 11.2 Å². The molecule has 0 saturated heterocycles. The van der Waals surface area contributed by atoms with Gasteiger partial charge in [0, 0.05) is 22.2 Å². The van der Waals surface area contributed by atoms with Crippen molar-refractivity contribution >= 4 is 22.8 Å². The van der Waals surface area contributed by atoms with Crippen LogP contribution in [0, 0.1) is 6.92 Å². The first-order valence-electron chi connectivity index (χ1n) is 10.8. The lowest BCUT2D eigenvalue weighted by Gasteiger charge is -2.12. The second-order valence-corrected chi connectivity index (χ2v) is 8.23. The lowest BCUT2D eigenvalue weighted by molar-refractivity contribution is -0.136. The van der Waals surface area contributed by atoms with Gasteiger partial charge in [0.2, 0.25) is 0 Å². The molecule has 2 heterocycles. The Morgan fingerprint density at radius 1 is 1.06 bits per heavy atom. The fourth-order valence-corrected chi connectivity index (χ4v) is 4.40. The average Bonchev–Trinajstić information content (AvgIpc) is 3.38. The van der Waals surface area contributed by atoms with Crippen LogP contribution >= 0.6 is 0 Å². The molecule has 0 fully saturated rings. The SMILES string of the molecule is Cc1cc2c(CC(=O)O)cccc2n1C(=O)c1ccc(OC[C@@H]2COc3ccccc32)cc1. The fourth-order valence-electron chi connectivity index (χ4n) is 4.40. The van der Waals surface area contributed by atoms with Gasteiger partial charge in [0.1, 0.15) is 11.5 Å². The first kappa shape index (κ1) is 20.8. The molecule has 0 spiro atoms. The molecule has 0 bridgehead atoms. The monoisotopic (exact) mass is 441 g/mol. The van der Waals surface area contributed by atoms with Gasteiger partial charge in [0.05, 0.1) is 31.1 Å². The Morgan fingerprint density at radius 3 is 2.64 bits per heavy atom. The summed E-state index contributed by atoms with van der Waals surface area (Å²) >= 11 is 0. The number of hydrogen-bond donors (Lipinski definition) is 1. The van der Waals surface area contributed by atoms with Crippen LogP contribution in [0.5, 0.6) is 11.5 Å². The van der Waals surface area contributed by atoms with Crippen LogP contribution in [-0.4, -0.2) is 34.8 Å². The van der Waals surface area contributed by atoms with E-state index in [1.807, 2.05) is 37.3 Å². The molecular weight excluding hydrogens is 418 g/mol. The maximum atomic E-state index is 13.3. The quantitative estimate of drug-likeness (QED) is 0.464. The summed E-state index contributed by atoms with van der Waals surface area (Å²) in [6.07, 6.45) is -0.0858. The van der Waals surface area contributed by atoms with E-state index in [0.717, 1.165) is 22.4 Å². The van der Waals surface area contributed by atoms with Gasteiger partial charge in [-0.15, -0.1) is 0 Å². The van der Waals surface area contributed by atoms with Crippen molar-refractivity contribution in [3.8, 4) is 11.5 Å². The Bertz CT molecular complexity index is 1350. The number of aliphatic carboxylic acids is 1. The van der Waals surface area contributed by atoms with Crippen molar-refractivity contribution in [2.75, 3.05) is 13.2 Å². The minimum absolute atomic E-state index is 0.0858. The standard InChI is InChI=1S/C27H23NO5/c1-17-13-23-19(14-26(29)30)5-4-7-24(23)28(17)27(31)18-9-11-21(12-10-18)32-15-20-16-33-25-8-3-2-6-22(20)25/h2-13,20H,14-16H2,1H3,(H,29,30)/t20-/m1/s1. The number of nitrogens with zero attached hydrogens (tertiary/aromatic N) is 1. The Hall–Kier alpha value is -4.06. The number of fused-ring (bicyclic) bond motifs is 2. The van der Waals surface area contributed by atoms with Crippen molar-refractivity contribution in [2.24, 2.45) is 0 Å². The highest BCUT2D eigenvalue weighted by Crippen LogP contribution is 2.34. The number of para-hydroxylation sites is 1. The number of rotatable bonds is 6. The van der Waals surface area contributed by atoms with Gasteiger partial charge >= 0.3 is 5.97 Å². The van der Waals surface area contributed by atoms with Gasteiger partial charge in [-0.1, -0.05) is 30.3 Å². The third-order valence-corrected chi connectivity index (χ3v) is 6.02. The average molecular weight is 441 g/mol. The molecule has 1 aliphatic rings. The molecule has 0 aliphatic carbocycles. The molecule has 4 aromatic rings. The molecule has 6 nitrogen and oxygen atoms in total. The highest BCUT2D eigenvalue weighted by molar-refractivity contribution is 6.04. The van der Waals surface area contributed by atoms with Gasteiger partial charge in [0.25, 0.3) is 5.91 Å². The molecule has 0 unspecified atom stereocenters. The minimum atomic E-state index is -0.900. The lowest BCUT2D eigenvalue weighted by Crippen LogP contribution is -2.14. The largest absolute Gasteiger partial charge is 0.493 e. The number of carbonyl (C=O) groups excluding carboxylic acids is 1. The molecule has 3 aromatic carbocycles. The van der Waals surface area contributed by atoms with Gasteiger partial charge < -0.3 is 14.6 Å². The number of hydrogen-bond acceptors (Lipinski definition) is 4. The summed E-state index contributed by atoms with van der Waals surface area (Å²) in [6.45, 7) is 2.94. The van der Waals surface area contributed by atoms with Crippen LogP contribution in [0.4, 0.5) is 0 Å². The molecule has 0 radical (unpaired) electrons. The molecule has 166 valence electrons. The summed E-state index contributed by atoms with van der Waals surface area (Å²) in [4.78, 5) is 24.5. The van der Waals surface area contributed by atoms with Gasteiger partial charge in [-0.25, -0.2) is 0 Å². The molecular formula is C27H23NO5. The van der Waals surface area contributed by atoms with Crippen molar-refractivity contribution in [3.05, 3.63) is 95.2 Å². The number of ether oxygens (including phenoxy) is 2. The third kappa shape index (κ3) is 3.96. The van der Waals surface area contributed by atoms with Crippen LogP contribution in [0.2, 0.25) is 0 Å². The number of aryl methyl sites for hydroxylation is 1. The minimum Gasteiger partial charge on any atom is -0.493 e. The predicted octanol–water partition coefficient (Wildman–Crippen LogP) is 4.82. The van der Waals surface area contributed by atoms with Gasteiger partial charge in [-0.2, -0.15) is 0 Å². The van der Waals surface area contributed by atoms with Crippen LogP contribution in [0.25, 0.3) is 10.9 Å². The zero-order valence-electron chi connectivity index (χ0n) is 18.2. The Balaban J connectivity index is 1.34. The second-order valence-electron chi connectivity index (χ2n) is 8.23. The predicted molar refractivity (Wildman–Crippen MR) is 124 cm³/mol. The molecule has 1 aliphatic heterocycles. The van der Waals surface area contributed by atoms with Crippen molar-refractivity contribution in [2.45, 2.75) is 19.3 Å². The van der Waals surface area contributed by atoms with Crippen LogP contribution in [0.15, 0.2) is 72.8 Å². The van der Waals surface area contributed by atoms with E-state index in [2.05, 4.69) is 6.07 Å². The Morgan fingerprint density at radius 2 is 1.85 bits per heavy atom. The fraction of sp³-hybridized carbons (Fsp3) is 0.185. The lowest BCUT2D eigenvalue weighted by atomic mass is 10.0. The molecule has 1 aromatic heterocycles. The van der Waals surface area contributed by atoms with Crippen molar-refractivity contribution in [1.82, 2.24) is 4.57 Å². The number of carboxylic acids is 1. The zero-order chi connectivity index (χ0) is 22.9. The highest BCUT2D eigenvalue weighted by Gasteiger charge is 2.24. The van der Waals surface area contributed by atoms with E-state index in [-0.39, 0.29) is 18.2 Å². The molecule has 5 rings (SSSR count). The van der Waals surface area contributed by atoms with Gasteiger partial charge in [-0.3, -0.25) is 14.2 Å². The van der Waals surface area contributed by atoms with E-state index >= 15 is 0 Å². The van der Waals surface area contributed by atoms with Crippen molar-refractivity contribution < 1.29 is 24.2 Å². The first-order chi connectivity index (χ1) is 16.0. The number of carboxylic acid groups (broad SMARTS) is 1. The molecule has 6 heteroatoms. The summed E-state index contributed by atoms with van der Waals surface area (Å²) < 4.78 is 13.3. The number of carbonyl (C=O) groups is 2. The maximum absolute atomic E-state index is 13.3. The van der Waals surface area contributed by atoms with Crippen LogP contribution in [0.3, 0.4) is 0 Å². The van der Waals surface area contributed by atoms with Crippen LogP contribution in [0.1, 0.15) is 33.1 Å². The normalized spacial score (nSPS) is 14.6.